The Kier molecular flexibility index (Phi) is 4.80. The highest BCUT2D eigenvalue weighted by molar-refractivity contribution is 5.82. The fourth-order valence-corrected chi connectivity index (χ4v) is 8.84. The summed E-state index contributed by atoms with van der Waals surface area (Å²) in [5.41, 5.74) is 1.41. The molecule has 5 heteroatoms. The number of rotatable bonds is 3. The lowest BCUT2D eigenvalue weighted by Crippen LogP contribution is -2.51. The van der Waals surface area contributed by atoms with Gasteiger partial charge in [-0.2, -0.15) is 15.0 Å². The summed E-state index contributed by atoms with van der Waals surface area (Å²) < 4.78 is 0. The Morgan fingerprint density at radius 1 is 0.969 bits per heavy atom. The molecule has 32 heavy (non-hydrogen) atoms. The van der Waals surface area contributed by atoms with Gasteiger partial charge in [0.05, 0.1) is 5.60 Å². The van der Waals surface area contributed by atoms with Crippen LogP contribution in [0.5, 0.6) is 0 Å². The number of fused-ring (bicyclic) bond motifs is 6. The summed E-state index contributed by atoms with van der Waals surface area (Å²) in [6, 6.07) is 7.84. The van der Waals surface area contributed by atoms with E-state index in [0.29, 0.717) is 24.2 Å². The first-order valence-electron chi connectivity index (χ1n) is 12.9. The molecule has 0 bridgehead atoms. The van der Waals surface area contributed by atoms with E-state index in [1.165, 1.54) is 38.5 Å². The van der Waals surface area contributed by atoms with Crippen LogP contribution in [0.2, 0.25) is 0 Å². The van der Waals surface area contributed by atoms with Gasteiger partial charge in [-0.15, -0.1) is 0 Å². The molecule has 4 fully saturated rings. The minimum atomic E-state index is -0.451. The van der Waals surface area contributed by atoms with Crippen LogP contribution < -0.4 is 0 Å². The first-order chi connectivity index (χ1) is 15.3. The zero-order chi connectivity index (χ0) is 22.1. The van der Waals surface area contributed by atoms with Crippen LogP contribution in [0.4, 0.5) is 0 Å². The molecule has 1 N–H and O–H groups in total. The fourth-order valence-electron chi connectivity index (χ4n) is 8.84. The summed E-state index contributed by atoms with van der Waals surface area (Å²) >= 11 is 0. The first kappa shape index (κ1) is 20.8. The standard InChI is InChI=1S/C27H37N3O2/c1-26(32)13-11-18-17(15-26)7-8-20-19(18)12-14-27(2)21(20)9-10-22(27)25(31)16-30-28-23-5-3-4-6-24(23)29-30/h3-6,17-22,32H,7-16H2,1-2H3/t17-,18+,19-,20-,21+,22-,26-,27+/m1/s1. The third-order valence-corrected chi connectivity index (χ3v) is 10.3. The van der Waals surface area contributed by atoms with Crippen LogP contribution in [0.3, 0.4) is 0 Å². The maximum atomic E-state index is 13.5. The van der Waals surface area contributed by atoms with Crippen LogP contribution in [0.15, 0.2) is 24.3 Å². The molecule has 0 unspecified atom stereocenters. The van der Waals surface area contributed by atoms with Gasteiger partial charge in [0.2, 0.25) is 0 Å². The molecule has 6 rings (SSSR count). The lowest BCUT2D eigenvalue weighted by molar-refractivity contribution is -0.133. The number of benzene rings is 1. The number of aromatic nitrogens is 3. The van der Waals surface area contributed by atoms with E-state index in [9.17, 15) is 9.90 Å². The molecule has 0 saturated heterocycles. The Bertz CT molecular complexity index is 996. The van der Waals surface area contributed by atoms with Gasteiger partial charge in [-0.3, -0.25) is 4.79 Å². The second-order valence-electron chi connectivity index (χ2n) is 12.0. The number of ketones is 1. The Morgan fingerprint density at radius 2 is 1.69 bits per heavy atom. The summed E-state index contributed by atoms with van der Waals surface area (Å²) in [6.45, 7) is 4.77. The van der Waals surface area contributed by atoms with Crippen LogP contribution >= 0.6 is 0 Å². The van der Waals surface area contributed by atoms with E-state index in [1.807, 2.05) is 31.2 Å². The lowest BCUT2D eigenvalue weighted by atomic mass is 9.49. The maximum Gasteiger partial charge on any atom is 0.159 e. The molecule has 0 amide bonds. The van der Waals surface area contributed by atoms with E-state index in [2.05, 4.69) is 17.1 Å². The largest absolute Gasteiger partial charge is 0.390 e. The zero-order valence-electron chi connectivity index (χ0n) is 19.5. The molecule has 4 aliphatic rings. The number of carbonyl (C=O) groups excluding carboxylic acids is 1. The predicted molar refractivity (Wildman–Crippen MR) is 124 cm³/mol. The summed E-state index contributed by atoms with van der Waals surface area (Å²) in [5, 5.41) is 19.7. The van der Waals surface area contributed by atoms with E-state index in [-0.39, 0.29) is 11.3 Å². The SMILES string of the molecule is C[C@@]1(O)CC[C@H]2[C@H](CC[C@@H]3[C@@H]2CC[C@]2(C)[C@@H](C(=O)Cn4nc5ccccc5n4)CC[C@@H]32)C1. The van der Waals surface area contributed by atoms with Gasteiger partial charge in [0.25, 0.3) is 0 Å². The monoisotopic (exact) mass is 435 g/mol. The molecule has 4 saturated carbocycles. The van der Waals surface area contributed by atoms with Gasteiger partial charge in [0, 0.05) is 5.92 Å². The van der Waals surface area contributed by atoms with Crippen molar-refractivity contribution in [1.29, 1.82) is 0 Å². The van der Waals surface area contributed by atoms with Crippen molar-refractivity contribution >= 4 is 16.8 Å². The van der Waals surface area contributed by atoms with Gasteiger partial charge < -0.3 is 5.11 Å². The topological polar surface area (TPSA) is 68.0 Å². The number of hydrogen-bond acceptors (Lipinski definition) is 4. The molecule has 0 spiro atoms. The Labute approximate surface area is 191 Å². The molecule has 5 nitrogen and oxygen atoms in total. The van der Waals surface area contributed by atoms with Gasteiger partial charge in [-0.05, 0) is 112 Å². The molecule has 0 radical (unpaired) electrons. The van der Waals surface area contributed by atoms with Crippen molar-refractivity contribution in [2.45, 2.75) is 83.8 Å². The van der Waals surface area contributed by atoms with Gasteiger partial charge in [0.1, 0.15) is 17.6 Å². The number of aliphatic hydroxyl groups is 1. The van der Waals surface area contributed by atoms with Gasteiger partial charge in [0.15, 0.2) is 5.78 Å². The summed E-state index contributed by atoms with van der Waals surface area (Å²) in [6.07, 6.45) is 10.4. The van der Waals surface area contributed by atoms with Crippen LogP contribution in [-0.4, -0.2) is 31.5 Å². The molecular weight excluding hydrogens is 398 g/mol. The highest BCUT2D eigenvalue weighted by Gasteiger charge is 2.58. The molecular formula is C27H37N3O2. The van der Waals surface area contributed by atoms with Gasteiger partial charge >= 0.3 is 0 Å². The number of Topliss-reactive ketones (excluding diaryl/α,β-unsaturated/α-hetero) is 1. The zero-order valence-corrected chi connectivity index (χ0v) is 19.5. The molecule has 8 atom stereocenters. The van der Waals surface area contributed by atoms with Crippen molar-refractivity contribution in [3.8, 4) is 0 Å². The van der Waals surface area contributed by atoms with Gasteiger partial charge in [-0.25, -0.2) is 0 Å². The molecule has 0 aliphatic heterocycles. The van der Waals surface area contributed by atoms with Gasteiger partial charge in [-0.1, -0.05) is 19.1 Å². The first-order valence-corrected chi connectivity index (χ1v) is 12.9. The van der Waals surface area contributed by atoms with Crippen molar-refractivity contribution in [2.75, 3.05) is 0 Å². The van der Waals surface area contributed by atoms with Crippen molar-refractivity contribution in [3.63, 3.8) is 0 Å². The number of carbonyl (C=O) groups is 1. The minimum absolute atomic E-state index is 0.137. The Hall–Kier alpha value is -1.75. The Balaban J connectivity index is 1.18. The minimum Gasteiger partial charge on any atom is -0.390 e. The van der Waals surface area contributed by atoms with E-state index in [1.54, 1.807) is 4.80 Å². The Morgan fingerprint density at radius 3 is 2.44 bits per heavy atom. The van der Waals surface area contributed by atoms with Crippen LogP contribution in [-0.2, 0) is 11.3 Å². The smallest absolute Gasteiger partial charge is 0.159 e. The second kappa shape index (κ2) is 7.38. The molecule has 4 aliphatic carbocycles. The van der Waals surface area contributed by atoms with Crippen molar-refractivity contribution in [2.24, 2.45) is 40.9 Å². The van der Waals surface area contributed by atoms with Crippen LogP contribution in [0.1, 0.15) is 71.6 Å². The molecule has 1 aromatic carbocycles. The molecule has 1 aromatic heterocycles. The molecule has 1 heterocycles. The van der Waals surface area contributed by atoms with E-state index in [4.69, 9.17) is 0 Å². The van der Waals surface area contributed by atoms with E-state index < -0.39 is 5.60 Å². The highest BCUT2D eigenvalue weighted by Crippen LogP contribution is 2.64. The summed E-state index contributed by atoms with van der Waals surface area (Å²) in [5.74, 6) is 4.26. The second-order valence-corrected chi connectivity index (χ2v) is 12.0. The van der Waals surface area contributed by atoms with E-state index in [0.717, 1.165) is 48.0 Å². The normalized spacial score (nSPS) is 43.5. The summed E-state index contributed by atoms with van der Waals surface area (Å²) in [7, 11) is 0. The number of hydrogen-bond donors (Lipinski definition) is 1. The average Bonchev–Trinajstić information content (AvgIpc) is 3.32. The highest BCUT2D eigenvalue weighted by atomic mass is 16.3. The van der Waals surface area contributed by atoms with Crippen molar-refractivity contribution in [1.82, 2.24) is 15.0 Å². The summed E-state index contributed by atoms with van der Waals surface area (Å²) in [4.78, 5) is 15.1. The predicted octanol–water partition coefficient (Wildman–Crippen LogP) is 5.02. The lowest BCUT2D eigenvalue weighted by Gasteiger charge is -2.56. The van der Waals surface area contributed by atoms with Crippen molar-refractivity contribution in [3.05, 3.63) is 24.3 Å². The quantitative estimate of drug-likeness (QED) is 0.735. The average molecular weight is 436 g/mol. The van der Waals surface area contributed by atoms with Crippen LogP contribution in [0, 0.1) is 40.9 Å². The fraction of sp³-hybridized carbons (Fsp3) is 0.741. The number of nitrogens with zero attached hydrogens (tertiary/aromatic N) is 3. The third-order valence-electron chi connectivity index (χ3n) is 10.3. The van der Waals surface area contributed by atoms with E-state index >= 15 is 0 Å². The third kappa shape index (κ3) is 3.26. The molecule has 172 valence electrons. The maximum absolute atomic E-state index is 13.5. The molecule has 2 aromatic rings. The van der Waals surface area contributed by atoms with Crippen molar-refractivity contribution < 1.29 is 9.90 Å². The van der Waals surface area contributed by atoms with Crippen LogP contribution in [0.25, 0.3) is 11.0 Å².